The van der Waals surface area contributed by atoms with E-state index in [1.54, 1.807) is 18.2 Å². The van der Waals surface area contributed by atoms with Crippen LogP contribution in [0.1, 0.15) is 36.0 Å². The number of carbonyl (C=O) groups is 1. The number of nitrogens with two attached hydrogens (primary N) is 1. The smallest absolute Gasteiger partial charge is 0.253 e. The van der Waals surface area contributed by atoms with E-state index < -0.39 is 0 Å². The van der Waals surface area contributed by atoms with Gasteiger partial charge in [-0.25, -0.2) is 0 Å². The highest BCUT2D eigenvalue weighted by Crippen LogP contribution is 2.48. The molecule has 4 heteroatoms. The lowest BCUT2D eigenvalue weighted by Crippen LogP contribution is -2.31. The van der Waals surface area contributed by atoms with Gasteiger partial charge in [0.25, 0.3) is 5.91 Å². The molecule has 1 aromatic rings. The van der Waals surface area contributed by atoms with Gasteiger partial charge in [-0.15, -0.1) is 0 Å². The third-order valence-corrected chi connectivity index (χ3v) is 4.45. The lowest BCUT2D eigenvalue weighted by molar-refractivity contribution is 0.0944. The molecule has 1 amide bonds. The number of hydrogen-bond donors (Lipinski definition) is 2. The van der Waals surface area contributed by atoms with Crippen molar-refractivity contribution in [2.45, 2.75) is 25.7 Å². The molecule has 3 rings (SSSR count). The second-order valence-corrected chi connectivity index (χ2v) is 6.22. The summed E-state index contributed by atoms with van der Waals surface area (Å²) in [4.78, 5) is 12.1. The van der Waals surface area contributed by atoms with Crippen LogP contribution >= 0.6 is 11.6 Å². The Labute approximate surface area is 118 Å². The first-order valence-electron chi connectivity index (χ1n) is 6.98. The molecule has 0 spiro atoms. The maximum atomic E-state index is 12.1. The number of nitrogen functional groups attached to an aromatic ring is 1. The summed E-state index contributed by atoms with van der Waals surface area (Å²) in [6.07, 6.45) is 5.33. The number of amides is 1. The van der Waals surface area contributed by atoms with Gasteiger partial charge in [-0.3, -0.25) is 4.79 Å². The highest BCUT2D eigenvalue weighted by atomic mass is 35.5. The van der Waals surface area contributed by atoms with Crippen LogP contribution in [0.5, 0.6) is 0 Å². The lowest BCUT2D eigenvalue weighted by atomic mass is 9.98. The van der Waals surface area contributed by atoms with Gasteiger partial charge in [0.15, 0.2) is 0 Å². The van der Waals surface area contributed by atoms with E-state index in [2.05, 4.69) is 5.32 Å². The number of rotatable bonds is 5. The number of benzene rings is 1. The van der Waals surface area contributed by atoms with E-state index in [1.165, 1.54) is 25.7 Å². The Morgan fingerprint density at radius 1 is 1.32 bits per heavy atom. The number of halogens is 1. The molecule has 2 aliphatic carbocycles. The number of hydrogen-bond acceptors (Lipinski definition) is 2. The van der Waals surface area contributed by atoms with Crippen molar-refractivity contribution in [3.63, 3.8) is 0 Å². The Morgan fingerprint density at radius 2 is 1.95 bits per heavy atom. The molecule has 0 heterocycles. The van der Waals surface area contributed by atoms with E-state index >= 15 is 0 Å². The maximum Gasteiger partial charge on any atom is 0.253 e. The van der Waals surface area contributed by atoms with E-state index in [-0.39, 0.29) is 5.91 Å². The topological polar surface area (TPSA) is 55.1 Å². The minimum absolute atomic E-state index is 0.0829. The van der Waals surface area contributed by atoms with E-state index in [1.807, 2.05) is 0 Å². The van der Waals surface area contributed by atoms with E-state index in [0.717, 1.165) is 18.4 Å². The summed E-state index contributed by atoms with van der Waals surface area (Å²) in [7, 11) is 0. The molecule has 0 unspecified atom stereocenters. The summed E-state index contributed by atoms with van der Waals surface area (Å²) in [6.45, 7) is 0.788. The van der Waals surface area contributed by atoms with Crippen molar-refractivity contribution >= 4 is 23.2 Å². The standard InChI is InChI=1S/C15H19ClN2O/c16-11-5-6-12(14(17)7-11)15(19)18-8-13(9-1-2-9)10-3-4-10/h5-7,9-10,13H,1-4,8,17H2,(H,18,19). The summed E-state index contributed by atoms with van der Waals surface area (Å²) in [5.74, 6) is 2.28. The molecule has 102 valence electrons. The zero-order chi connectivity index (χ0) is 13.4. The van der Waals surface area contributed by atoms with Gasteiger partial charge in [-0.1, -0.05) is 11.6 Å². The van der Waals surface area contributed by atoms with Crippen molar-refractivity contribution < 1.29 is 4.79 Å². The van der Waals surface area contributed by atoms with Crippen molar-refractivity contribution in [2.24, 2.45) is 17.8 Å². The molecule has 0 atom stereocenters. The Hall–Kier alpha value is -1.22. The third kappa shape index (κ3) is 3.03. The van der Waals surface area contributed by atoms with E-state index in [4.69, 9.17) is 17.3 Å². The molecule has 0 aliphatic heterocycles. The molecule has 0 bridgehead atoms. The van der Waals surface area contributed by atoms with Crippen molar-refractivity contribution in [1.82, 2.24) is 5.32 Å². The van der Waals surface area contributed by atoms with Crippen LogP contribution in [0, 0.1) is 17.8 Å². The summed E-state index contributed by atoms with van der Waals surface area (Å²) in [5.41, 5.74) is 6.79. The molecule has 0 aromatic heterocycles. The molecule has 0 saturated heterocycles. The molecule has 1 aromatic carbocycles. The molecule has 3 nitrogen and oxygen atoms in total. The highest BCUT2D eigenvalue weighted by molar-refractivity contribution is 6.31. The van der Waals surface area contributed by atoms with Crippen molar-refractivity contribution in [1.29, 1.82) is 0 Å². The molecule has 2 saturated carbocycles. The molecule has 2 fully saturated rings. The molecule has 3 N–H and O–H groups in total. The van der Waals surface area contributed by atoms with Crippen LogP contribution in [0.4, 0.5) is 5.69 Å². The van der Waals surface area contributed by atoms with Crippen molar-refractivity contribution in [2.75, 3.05) is 12.3 Å². The van der Waals surface area contributed by atoms with Crippen LogP contribution in [0.3, 0.4) is 0 Å². The molecule has 19 heavy (non-hydrogen) atoms. The average Bonchev–Trinajstić information content (AvgIpc) is 3.23. The van der Waals surface area contributed by atoms with Crippen LogP contribution in [0.15, 0.2) is 18.2 Å². The average molecular weight is 279 g/mol. The molecule has 0 radical (unpaired) electrons. The maximum absolute atomic E-state index is 12.1. The predicted molar refractivity (Wildman–Crippen MR) is 77.1 cm³/mol. The first-order chi connectivity index (χ1) is 9.15. The fourth-order valence-corrected chi connectivity index (χ4v) is 2.99. The second-order valence-electron chi connectivity index (χ2n) is 5.78. The largest absolute Gasteiger partial charge is 0.398 e. The third-order valence-electron chi connectivity index (χ3n) is 4.21. The molecular formula is C15H19ClN2O. The Morgan fingerprint density at radius 3 is 2.47 bits per heavy atom. The Bertz CT molecular complexity index is 483. The normalized spacial score (nSPS) is 18.6. The van der Waals surface area contributed by atoms with Crippen LogP contribution in [0.25, 0.3) is 0 Å². The fraction of sp³-hybridized carbons (Fsp3) is 0.533. The van der Waals surface area contributed by atoms with Crippen LogP contribution in [0.2, 0.25) is 5.02 Å². The lowest BCUT2D eigenvalue weighted by Gasteiger charge is -2.16. The van der Waals surface area contributed by atoms with Gasteiger partial charge in [0.05, 0.1) is 5.56 Å². The van der Waals surface area contributed by atoms with Gasteiger partial charge < -0.3 is 11.1 Å². The van der Waals surface area contributed by atoms with Crippen molar-refractivity contribution in [3.05, 3.63) is 28.8 Å². The quantitative estimate of drug-likeness (QED) is 0.813. The van der Waals surface area contributed by atoms with Gasteiger partial charge in [-0.05, 0) is 61.6 Å². The van der Waals surface area contributed by atoms with Crippen LogP contribution < -0.4 is 11.1 Å². The number of anilines is 1. The van der Waals surface area contributed by atoms with Crippen molar-refractivity contribution in [3.8, 4) is 0 Å². The van der Waals surface area contributed by atoms with Gasteiger partial charge in [0, 0.05) is 17.3 Å². The van der Waals surface area contributed by atoms with Gasteiger partial charge in [0.2, 0.25) is 0 Å². The Balaban J connectivity index is 1.61. The first-order valence-corrected chi connectivity index (χ1v) is 7.36. The monoisotopic (exact) mass is 278 g/mol. The SMILES string of the molecule is Nc1cc(Cl)ccc1C(=O)NCC(C1CC1)C1CC1. The predicted octanol–water partition coefficient (Wildman–Crippen LogP) is 3.09. The number of carbonyl (C=O) groups excluding carboxylic acids is 1. The van der Waals surface area contributed by atoms with Gasteiger partial charge >= 0.3 is 0 Å². The second kappa shape index (κ2) is 5.04. The van der Waals surface area contributed by atoms with Gasteiger partial charge in [0.1, 0.15) is 0 Å². The highest BCUT2D eigenvalue weighted by Gasteiger charge is 2.41. The summed E-state index contributed by atoms with van der Waals surface area (Å²) < 4.78 is 0. The Kier molecular flexibility index (Phi) is 3.40. The molecular weight excluding hydrogens is 260 g/mol. The first kappa shape index (κ1) is 12.8. The zero-order valence-electron chi connectivity index (χ0n) is 10.9. The summed E-state index contributed by atoms with van der Waals surface area (Å²) >= 11 is 5.84. The van der Waals surface area contributed by atoms with Crippen LogP contribution in [-0.4, -0.2) is 12.5 Å². The summed E-state index contributed by atoms with van der Waals surface area (Å²) in [6, 6.07) is 5.01. The van der Waals surface area contributed by atoms with Crippen LogP contribution in [-0.2, 0) is 0 Å². The fourth-order valence-electron chi connectivity index (χ4n) is 2.81. The molecule has 2 aliphatic rings. The zero-order valence-corrected chi connectivity index (χ0v) is 11.6. The van der Waals surface area contributed by atoms with Gasteiger partial charge in [-0.2, -0.15) is 0 Å². The minimum Gasteiger partial charge on any atom is -0.398 e. The minimum atomic E-state index is -0.0829. The summed E-state index contributed by atoms with van der Waals surface area (Å²) in [5, 5.41) is 3.60. The van der Waals surface area contributed by atoms with E-state index in [9.17, 15) is 4.79 Å². The number of nitrogens with one attached hydrogen (secondary N) is 1. The van der Waals surface area contributed by atoms with E-state index in [0.29, 0.717) is 22.2 Å².